The molecule has 0 atom stereocenters. The maximum Gasteiger partial charge on any atom is 0.242 e. The zero-order chi connectivity index (χ0) is 13.3. The quantitative estimate of drug-likeness (QED) is 0.880. The van der Waals surface area contributed by atoms with Crippen molar-refractivity contribution in [2.45, 2.75) is 38.6 Å². The number of nitrogens with two attached hydrogens (primary N) is 1. The topological polar surface area (TPSA) is 46.3 Å². The largest absolute Gasteiger partial charge is 0.344 e. The first-order valence-electron chi connectivity index (χ1n) is 6.53. The molecule has 0 unspecified atom stereocenters. The number of hydrogen-bond acceptors (Lipinski definition) is 2. The second kappa shape index (κ2) is 4.73. The third kappa shape index (κ3) is 2.72. The average Bonchev–Trinajstić information content (AvgIpc) is 3.06. The Morgan fingerprint density at radius 3 is 2.61 bits per heavy atom. The summed E-state index contributed by atoms with van der Waals surface area (Å²) in [5.41, 5.74) is 9.25. The molecule has 0 aliphatic heterocycles. The minimum absolute atomic E-state index is 0.0901. The van der Waals surface area contributed by atoms with Crippen LogP contribution in [0.25, 0.3) is 0 Å². The summed E-state index contributed by atoms with van der Waals surface area (Å²) < 4.78 is 0. The molecule has 1 aromatic rings. The highest BCUT2D eigenvalue weighted by Gasteiger charge is 2.47. The Labute approximate surface area is 109 Å². The van der Waals surface area contributed by atoms with Crippen LogP contribution in [-0.4, -0.2) is 29.9 Å². The first kappa shape index (κ1) is 13.1. The Bertz CT molecular complexity index is 464. The van der Waals surface area contributed by atoms with Gasteiger partial charge in [-0.05, 0) is 44.2 Å². The van der Waals surface area contributed by atoms with Gasteiger partial charge in [0.15, 0.2) is 0 Å². The lowest BCUT2D eigenvalue weighted by atomic mass is 10.0. The van der Waals surface area contributed by atoms with Crippen molar-refractivity contribution in [1.82, 2.24) is 4.90 Å². The van der Waals surface area contributed by atoms with Gasteiger partial charge in [-0.2, -0.15) is 0 Å². The summed E-state index contributed by atoms with van der Waals surface area (Å²) >= 11 is 0. The highest BCUT2D eigenvalue weighted by Crippen LogP contribution is 2.33. The first-order chi connectivity index (χ1) is 8.42. The lowest BCUT2D eigenvalue weighted by Crippen LogP contribution is -2.44. The molecule has 18 heavy (non-hydrogen) atoms. The summed E-state index contributed by atoms with van der Waals surface area (Å²) in [5, 5.41) is 0. The standard InChI is InChI=1S/C15H22N2O/c1-11-4-5-13(12(2)10-11)6-9-17(3)14(18)15(16)7-8-15/h4-5,10H,6-9,16H2,1-3H3. The van der Waals surface area contributed by atoms with Gasteiger partial charge in [0.05, 0.1) is 5.54 Å². The Morgan fingerprint density at radius 1 is 1.39 bits per heavy atom. The molecule has 0 bridgehead atoms. The predicted octanol–water partition coefficient (Wildman–Crippen LogP) is 1.80. The highest BCUT2D eigenvalue weighted by atomic mass is 16.2. The van der Waals surface area contributed by atoms with Gasteiger partial charge < -0.3 is 10.6 Å². The van der Waals surface area contributed by atoms with Crippen molar-refractivity contribution in [3.05, 3.63) is 34.9 Å². The number of carbonyl (C=O) groups excluding carboxylic acids is 1. The molecule has 3 nitrogen and oxygen atoms in total. The molecular formula is C15H22N2O. The molecule has 1 amide bonds. The number of likely N-dealkylation sites (N-methyl/N-ethyl adjacent to an activating group) is 1. The van der Waals surface area contributed by atoms with Crippen LogP contribution in [0.5, 0.6) is 0 Å². The molecule has 1 aromatic carbocycles. The zero-order valence-corrected chi connectivity index (χ0v) is 11.5. The molecule has 0 aromatic heterocycles. The number of benzene rings is 1. The molecule has 2 rings (SSSR count). The zero-order valence-electron chi connectivity index (χ0n) is 11.5. The monoisotopic (exact) mass is 246 g/mol. The number of amides is 1. The van der Waals surface area contributed by atoms with E-state index in [9.17, 15) is 4.79 Å². The number of nitrogens with zero attached hydrogens (tertiary/aromatic N) is 1. The molecule has 1 aliphatic carbocycles. The molecule has 0 heterocycles. The van der Waals surface area contributed by atoms with E-state index in [2.05, 4.69) is 32.0 Å². The van der Waals surface area contributed by atoms with E-state index < -0.39 is 5.54 Å². The number of aryl methyl sites for hydroxylation is 2. The van der Waals surface area contributed by atoms with Crippen LogP contribution in [0.3, 0.4) is 0 Å². The van der Waals surface area contributed by atoms with E-state index in [1.54, 1.807) is 4.90 Å². The molecular weight excluding hydrogens is 224 g/mol. The molecule has 3 heteroatoms. The highest BCUT2D eigenvalue weighted by molar-refractivity contribution is 5.88. The molecule has 0 saturated heterocycles. The summed E-state index contributed by atoms with van der Waals surface area (Å²) in [6, 6.07) is 6.45. The Kier molecular flexibility index (Phi) is 3.44. The van der Waals surface area contributed by atoms with Crippen molar-refractivity contribution in [3.63, 3.8) is 0 Å². The molecule has 0 spiro atoms. The van der Waals surface area contributed by atoms with E-state index in [-0.39, 0.29) is 5.91 Å². The van der Waals surface area contributed by atoms with Gasteiger partial charge >= 0.3 is 0 Å². The Balaban J connectivity index is 1.93. The minimum atomic E-state index is -0.545. The fourth-order valence-corrected chi connectivity index (χ4v) is 2.24. The van der Waals surface area contributed by atoms with Gasteiger partial charge in [-0.25, -0.2) is 0 Å². The lowest BCUT2D eigenvalue weighted by molar-refractivity contribution is -0.132. The van der Waals surface area contributed by atoms with Crippen molar-refractivity contribution in [2.24, 2.45) is 5.73 Å². The summed E-state index contributed by atoms with van der Waals surface area (Å²) in [5.74, 6) is 0.0901. The molecule has 2 N–H and O–H groups in total. The second-order valence-corrected chi connectivity index (χ2v) is 5.56. The average molecular weight is 246 g/mol. The first-order valence-corrected chi connectivity index (χ1v) is 6.53. The maximum atomic E-state index is 12.0. The van der Waals surface area contributed by atoms with Crippen molar-refractivity contribution in [2.75, 3.05) is 13.6 Å². The van der Waals surface area contributed by atoms with Crippen molar-refractivity contribution < 1.29 is 4.79 Å². The van der Waals surface area contributed by atoms with Crippen LogP contribution in [0, 0.1) is 13.8 Å². The van der Waals surface area contributed by atoms with Gasteiger partial charge in [-0.3, -0.25) is 4.79 Å². The fraction of sp³-hybridized carbons (Fsp3) is 0.533. The van der Waals surface area contributed by atoms with Gasteiger partial charge in [0.2, 0.25) is 5.91 Å². The predicted molar refractivity (Wildman–Crippen MR) is 73.4 cm³/mol. The van der Waals surface area contributed by atoms with Crippen LogP contribution in [0.15, 0.2) is 18.2 Å². The van der Waals surface area contributed by atoms with Gasteiger partial charge in [-0.15, -0.1) is 0 Å². The van der Waals surface area contributed by atoms with Crippen molar-refractivity contribution in [3.8, 4) is 0 Å². The van der Waals surface area contributed by atoms with E-state index >= 15 is 0 Å². The molecule has 1 saturated carbocycles. The van der Waals surface area contributed by atoms with Crippen molar-refractivity contribution >= 4 is 5.91 Å². The summed E-state index contributed by atoms with van der Waals surface area (Å²) in [6.07, 6.45) is 2.56. The molecule has 98 valence electrons. The number of carbonyl (C=O) groups is 1. The molecule has 1 fully saturated rings. The minimum Gasteiger partial charge on any atom is -0.344 e. The van der Waals surface area contributed by atoms with Gasteiger partial charge in [-0.1, -0.05) is 23.8 Å². The smallest absolute Gasteiger partial charge is 0.242 e. The van der Waals surface area contributed by atoms with Gasteiger partial charge in [0.1, 0.15) is 0 Å². The SMILES string of the molecule is Cc1ccc(CCN(C)C(=O)C2(N)CC2)c(C)c1. The van der Waals surface area contributed by atoms with Crippen LogP contribution >= 0.6 is 0 Å². The second-order valence-electron chi connectivity index (χ2n) is 5.56. The van der Waals surface area contributed by atoms with E-state index in [1.807, 2.05) is 7.05 Å². The Hall–Kier alpha value is -1.35. The van der Waals surface area contributed by atoms with E-state index in [1.165, 1.54) is 16.7 Å². The number of hydrogen-bond donors (Lipinski definition) is 1. The van der Waals surface area contributed by atoms with Crippen LogP contribution in [0.2, 0.25) is 0 Å². The fourth-order valence-electron chi connectivity index (χ4n) is 2.24. The van der Waals surface area contributed by atoms with Crippen LogP contribution in [0.4, 0.5) is 0 Å². The van der Waals surface area contributed by atoms with Gasteiger partial charge in [0, 0.05) is 13.6 Å². The third-order valence-electron chi connectivity index (χ3n) is 3.78. The maximum absolute atomic E-state index is 12.0. The normalized spacial score (nSPS) is 16.4. The van der Waals surface area contributed by atoms with Crippen molar-refractivity contribution in [1.29, 1.82) is 0 Å². The molecule has 0 radical (unpaired) electrons. The van der Waals surface area contributed by atoms with Gasteiger partial charge in [0.25, 0.3) is 0 Å². The summed E-state index contributed by atoms with van der Waals surface area (Å²) in [6.45, 7) is 4.95. The summed E-state index contributed by atoms with van der Waals surface area (Å²) in [4.78, 5) is 13.8. The van der Waals surface area contributed by atoms with Crippen LogP contribution < -0.4 is 5.73 Å². The summed E-state index contributed by atoms with van der Waals surface area (Å²) in [7, 11) is 1.85. The van der Waals surface area contributed by atoms with E-state index in [4.69, 9.17) is 5.73 Å². The molecule has 1 aliphatic rings. The van der Waals surface area contributed by atoms with E-state index in [0.29, 0.717) is 0 Å². The van der Waals surface area contributed by atoms with Crippen LogP contribution in [-0.2, 0) is 11.2 Å². The Morgan fingerprint density at radius 2 is 2.06 bits per heavy atom. The number of rotatable bonds is 4. The van der Waals surface area contributed by atoms with Crippen LogP contribution in [0.1, 0.15) is 29.5 Å². The van der Waals surface area contributed by atoms with E-state index in [0.717, 1.165) is 25.8 Å². The lowest BCUT2D eigenvalue weighted by Gasteiger charge is -2.21. The third-order valence-corrected chi connectivity index (χ3v) is 3.78.